The Kier molecular flexibility index (Phi) is 39.2. The molecule has 58 nitrogen and oxygen atoms in total. The van der Waals surface area contributed by atoms with Gasteiger partial charge < -0.3 is 220 Å². The van der Waals surface area contributed by atoms with Gasteiger partial charge in [0.25, 0.3) is 11.8 Å². The molecule has 60 heteroatoms. The van der Waals surface area contributed by atoms with Gasteiger partial charge in [-0.05, 0) is 48.5 Å². The lowest BCUT2D eigenvalue weighted by Crippen LogP contribution is -2.71. The van der Waals surface area contributed by atoms with Crippen molar-refractivity contribution in [2.24, 2.45) is 0 Å². The highest BCUT2D eigenvalue weighted by atomic mass is 32.2. The van der Waals surface area contributed by atoms with Gasteiger partial charge in [0.2, 0.25) is 43.7 Å². The minimum absolute atomic E-state index is 0.0377. The van der Waals surface area contributed by atoms with Gasteiger partial charge in [-0.2, -0.15) is 0 Å². The van der Waals surface area contributed by atoms with E-state index in [9.17, 15) is 162 Å². The lowest BCUT2D eigenvalue weighted by atomic mass is 9.93. The van der Waals surface area contributed by atoms with E-state index in [0.29, 0.717) is 0 Å². The van der Waals surface area contributed by atoms with Crippen molar-refractivity contribution in [1.82, 2.24) is 21.3 Å². The lowest BCUT2D eigenvalue weighted by molar-refractivity contribution is -0.368. The number of hydrogen-bond donors (Lipinski definition) is 29. The van der Waals surface area contributed by atoms with Crippen LogP contribution in [0.5, 0.6) is 23.0 Å². The van der Waals surface area contributed by atoms with Crippen LogP contribution in [0.2, 0.25) is 0 Å². The van der Waals surface area contributed by atoms with Crippen molar-refractivity contribution in [3.05, 3.63) is 97.1 Å². The molecule has 143 heavy (non-hydrogen) atoms. The molecular weight excluding hydrogens is 1970 g/mol. The van der Waals surface area contributed by atoms with Crippen molar-refractivity contribution in [2.45, 2.75) is 273 Å². The second-order valence-corrected chi connectivity index (χ2v) is 37.4. The molecule has 0 spiro atoms. The zero-order valence-corrected chi connectivity index (χ0v) is 77.8. The average Bonchev–Trinajstić information content (AvgIpc) is 0.761. The van der Waals surface area contributed by atoms with Gasteiger partial charge in [0, 0.05) is 58.3 Å². The Labute approximate surface area is 810 Å². The maximum Gasteiger partial charge on any atom is 0.335 e. The van der Waals surface area contributed by atoms with Gasteiger partial charge in [-0.1, -0.05) is 36.4 Å². The number of carbonyl (C=O) groups is 8. The van der Waals surface area contributed by atoms with E-state index in [1.165, 1.54) is 36.4 Å². The van der Waals surface area contributed by atoms with Crippen molar-refractivity contribution < 1.29 is 243 Å². The number of nitrogens with one attached hydrogen (secondary N) is 8. The number of carboxylic acid groups (broad SMARTS) is 2. The van der Waals surface area contributed by atoms with E-state index in [4.69, 9.17) is 80.5 Å². The van der Waals surface area contributed by atoms with Gasteiger partial charge in [-0.15, -0.1) is 0 Å². The van der Waals surface area contributed by atoms with Crippen LogP contribution in [0.4, 0.5) is 22.7 Å². The Morgan fingerprint density at radius 2 is 0.608 bits per heavy atom. The third kappa shape index (κ3) is 27.8. The second-order valence-electron chi connectivity index (χ2n) is 33.9. The summed E-state index contributed by atoms with van der Waals surface area (Å²) in [7, 11) is -6.70. The summed E-state index contributed by atoms with van der Waals surface area (Å²) in [6, 6.07) is 16.5. The number of para-hydroxylation sites is 2. The molecule has 4 aromatic rings. The minimum Gasteiger partial charge on any atom is -0.479 e. The summed E-state index contributed by atoms with van der Waals surface area (Å²) in [4.78, 5) is 103. The molecular formula is C83H114N8O50S2. The van der Waals surface area contributed by atoms with Gasteiger partial charge in [0.05, 0.1) is 50.3 Å². The molecule has 40 atom stereocenters. The van der Waals surface area contributed by atoms with Crippen LogP contribution < -0.4 is 50.8 Å². The third-order valence-electron chi connectivity index (χ3n) is 23.2. The van der Waals surface area contributed by atoms with Gasteiger partial charge >= 0.3 is 11.9 Å². The topological polar surface area (TPSA) is 883 Å². The SMILES string of the molecule is CC(=O)NC1C(O)OC(CO)C(O)C1OC1OC(C(=O)O)C(OC2OC(CO)C(O)C(OC3OC(C(=O)Nc4ccc(NS(C)(=O)=O)c(Oc5ccccc5)c4)C(O)C(O)C3O)C2NC(C)=O)C(O)C1O.COC1C(C(=O)O)OC(OC2C(O)C(CO)OC(OC3C(C(=O)Nc4ccc(NS(C)(=O)=O)c(Oc5ccccc5)c4)OC(OC4C(O)C(CO)OC(O)C4NC(C)=O)C(O)C3O)C2NC(C)=O)C(O)C1O. The van der Waals surface area contributed by atoms with Gasteiger partial charge in [0.15, 0.2) is 86.2 Å². The lowest BCUT2D eigenvalue weighted by Gasteiger charge is -2.50. The second kappa shape index (κ2) is 49.3. The summed E-state index contributed by atoms with van der Waals surface area (Å²) >= 11 is 0. The number of methoxy groups -OCH3 is 1. The highest BCUT2D eigenvalue weighted by Gasteiger charge is 2.62. The molecule has 0 bridgehead atoms. The normalized spacial score (nSPS) is 37.4. The molecule has 8 aliphatic heterocycles. The number of benzene rings is 4. The number of aliphatic carboxylic acids is 2. The Morgan fingerprint density at radius 1 is 0.322 bits per heavy atom. The first-order valence-corrected chi connectivity index (χ1v) is 47.4. The fraction of sp³-hybridized carbons (Fsp3) is 0.614. The molecule has 8 fully saturated rings. The number of carboxylic acids is 2. The average molecular weight is 2090 g/mol. The summed E-state index contributed by atoms with van der Waals surface area (Å²) in [5.41, 5.74) is -0.312. The van der Waals surface area contributed by atoms with Gasteiger partial charge in [-0.25, -0.2) is 26.4 Å². The largest absolute Gasteiger partial charge is 0.479 e. The molecule has 0 radical (unpaired) electrons. The fourth-order valence-corrected chi connectivity index (χ4v) is 17.6. The third-order valence-corrected chi connectivity index (χ3v) is 24.4. The standard InChI is InChI=1S/C42H58N4O25S.C41H56N4O25S/c1-15(49)43-23-31(25(51)21(13-47)65-39(23)60)67-41-30(56)28(54)34(35(70-41)37(57)45-17-10-11-19(46-72(4,61)62)20(12-17)64-18-8-6-5-7-9-18)69-40-24(44-16(2)50)32(26(52)22(14-48)66-40)68-42-29(55)27(53)33(63-3)36(71-42)38(58)59;1-14(48)42-22-31(24(50)20(12-46)64-38(22)60)66-41-30(56)28(54)33(35(70-41)37(58)59)68-39-23(43-15(2)49)32(25(51)21(13-47)65-39)67-40-29(55)26(52)27(53)34(69-40)36(57)44-16-9-10-18(45-71(3,61)62)19(11-16)63-17-7-5-4-6-8-17/h5-12,21-36,39-42,46-48,51-56,60H,13-14H2,1-4H3,(H,43,49)(H,44,50)(H,45,57)(H,58,59);4-11,20-35,38-41,45-47,50-56,60H,12-13H2,1-3H3,(H,42,48)(H,43,49)(H,44,57)(H,58,59). The summed E-state index contributed by atoms with van der Waals surface area (Å²) in [6.45, 7) is 0.142. The Bertz CT molecular complexity index is 5220. The van der Waals surface area contributed by atoms with Crippen LogP contribution >= 0.6 is 0 Å². The predicted molar refractivity (Wildman–Crippen MR) is 466 cm³/mol. The zero-order chi connectivity index (χ0) is 105. The minimum atomic E-state index is -3.90. The maximum absolute atomic E-state index is 14.6. The highest BCUT2D eigenvalue weighted by Crippen LogP contribution is 2.42. The monoisotopic (exact) mass is 2090 g/mol. The molecule has 0 aliphatic carbocycles. The Morgan fingerprint density at radius 3 is 0.937 bits per heavy atom. The molecule has 12 rings (SSSR count). The molecule has 6 amide bonds. The number of amides is 6. The molecule has 8 aliphatic rings. The van der Waals surface area contributed by atoms with E-state index < -0.39 is 339 Å². The summed E-state index contributed by atoms with van der Waals surface area (Å²) in [5, 5.41) is 242. The summed E-state index contributed by atoms with van der Waals surface area (Å²) in [6.07, 6.45) is -71.5. The molecule has 40 unspecified atom stereocenters. The van der Waals surface area contributed by atoms with Crippen LogP contribution in [-0.4, -0.2) is 463 Å². The van der Waals surface area contributed by atoms with Crippen molar-refractivity contribution in [2.75, 3.05) is 66.1 Å². The number of aliphatic hydroxyl groups is 19. The van der Waals surface area contributed by atoms with Gasteiger partial charge in [-0.3, -0.25) is 38.2 Å². The highest BCUT2D eigenvalue weighted by molar-refractivity contribution is 7.92. The Hall–Kier alpha value is -9.62. The first-order valence-electron chi connectivity index (χ1n) is 43.6. The number of ether oxygens (including phenoxy) is 17. The maximum atomic E-state index is 14.6. The van der Waals surface area contributed by atoms with Crippen LogP contribution in [0.15, 0.2) is 97.1 Å². The zero-order valence-electron chi connectivity index (χ0n) is 76.2. The van der Waals surface area contributed by atoms with Crippen molar-refractivity contribution in [3.8, 4) is 23.0 Å². The van der Waals surface area contributed by atoms with Crippen molar-refractivity contribution in [1.29, 1.82) is 0 Å². The van der Waals surface area contributed by atoms with Crippen LogP contribution in [0.3, 0.4) is 0 Å². The van der Waals surface area contributed by atoms with Crippen LogP contribution in [0, 0.1) is 0 Å². The van der Waals surface area contributed by atoms with Crippen molar-refractivity contribution in [3.63, 3.8) is 0 Å². The molecule has 8 saturated heterocycles. The molecule has 29 N–H and O–H groups in total. The number of hydrogen-bond acceptors (Lipinski definition) is 48. The molecule has 4 aromatic carbocycles. The number of rotatable bonds is 35. The van der Waals surface area contributed by atoms with E-state index in [1.807, 2.05) is 0 Å². The number of aliphatic hydroxyl groups excluding tert-OH is 19. The van der Waals surface area contributed by atoms with E-state index in [-0.39, 0.29) is 45.7 Å². The van der Waals surface area contributed by atoms with E-state index in [0.717, 1.165) is 47.3 Å². The molecule has 0 aromatic heterocycles. The van der Waals surface area contributed by atoms with E-state index >= 15 is 0 Å². The number of sulfonamides is 2. The number of anilines is 4. The first-order chi connectivity index (χ1) is 67.4. The smallest absolute Gasteiger partial charge is 0.335 e. The van der Waals surface area contributed by atoms with Crippen LogP contribution in [-0.2, 0) is 129 Å². The van der Waals surface area contributed by atoms with Gasteiger partial charge in [0.1, 0.15) is 182 Å². The molecule has 0 saturated carbocycles. The number of carbonyl (C=O) groups excluding carboxylic acids is 6. The molecule has 8 heterocycles. The Balaban J connectivity index is 0.000000273. The van der Waals surface area contributed by atoms with E-state index in [1.54, 1.807) is 60.7 Å². The fourth-order valence-electron chi connectivity index (χ4n) is 16.5. The summed E-state index contributed by atoms with van der Waals surface area (Å²) in [5.74, 6) is -9.04. The summed E-state index contributed by atoms with van der Waals surface area (Å²) < 4.78 is 150. The quantitative estimate of drug-likeness (QED) is 0.0203. The predicted octanol–water partition coefficient (Wildman–Crippen LogP) is -12.5. The van der Waals surface area contributed by atoms with Crippen LogP contribution in [0.1, 0.15) is 27.7 Å². The first kappa shape index (κ1) is 114. The van der Waals surface area contributed by atoms with Crippen molar-refractivity contribution >= 4 is 90.2 Å². The molecule has 798 valence electrons. The van der Waals surface area contributed by atoms with Crippen LogP contribution in [0.25, 0.3) is 0 Å². The van der Waals surface area contributed by atoms with E-state index in [2.05, 4.69) is 41.3 Å².